The van der Waals surface area contributed by atoms with E-state index in [0.29, 0.717) is 11.3 Å². The minimum atomic E-state index is -0.501. The molecule has 0 bridgehead atoms. The number of carbonyl (C=O) groups is 3. The van der Waals surface area contributed by atoms with Crippen LogP contribution in [0, 0.1) is 20.8 Å². The number of benzene rings is 5. The van der Waals surface area contributed by atoms with E-state index in [9.17, 15) is 14.4 Å². The summed E-state index contributed by atoms with van der Waals surface area (Å²) in [5.41, 5.74) is 6.72. The van der Waals surface area contributed by atoms with Crippen LogP contribution in [-0.4, -0.2) is 17.7 Å². The number of hydrogen-bond donors (Lipinski definition) is 3. The Kier molecular flexibility index (Phi) is 10.5. The first-order chi connectivity index (χ1) is 22.3. The molecule has 5 rings (SSSR count). The molecule has 0 spiro atoms. The predicted molar refractivity (Wildman–Crippen MR) is 188 cm³/mol. The van der Waals surface area contributed by atoms with Crippen LogP contribution in [0.5, 0.6) is 0 Å². The van der Waals surface area contributed by atoms with Gasteiger partial charge in [0, 0.05) is 21.8 Å². The van der Waals surface area contributed by atoms with Crippen LogP contribution in [0.2, 0.25) is 0 Å². The Balaban J connectivity index is 1.34. The van der Waals surface area contributed by atoms with Gasteiger partial charge in [0.05, 0.1) is 0 Å². The number of anilines is 2. The summed E-state index contributed by atoms with van der Waals surface area (Å²) in [7, 11) is 0. The van der Waals surface area contributed by atoms with E-state index in [2.05, 4.69) is 16.0 Å². The molecule has 0 radical (unpaired) electrons. The molecule has 0 aliphatic heterocycles. The largest absolute Gasteiger partial charge is 0.325 e. The Morgan fingerprint density at radius 1 is 0.652 bits per heavy atom. The van der Waals surface area contributed by atoms with Gasteiger partial charge in [0.2, 0.25) is 5.91 Å². The van der Waals surface area contributed by atoms with Crippen molar-refractivity contribution < 1.29 is 14.4 Å². The van der Waals surface area contributed by atoms with Crippen LogP contribution in [0.1, 0.15) is 43.4 Å². The van der Waals surface area contributed by atoms with Gasteiger partial charge in [-0.3, -0.25) is 14.4 Å². The topological polar surface area (TPSA) is 87.3 Å². The highest BCUT2D eigenvalue weighted by Gasteiger charge is 2.23. The second kappa shape index (κ2) is 15.1. The lowest BCUT2D eigenvalue weighted by atomic mass is 10.1. The fraction of sp³-hybridized carbons (Fsp3) is 0.103. The van der Waals surface area contributed by atoms with Crippen molar-refractivity contribution in [3.05, 3.63) is 166 Å². The fourth-order valence-corrected chi connectivity index (χ4v) is 5.81. The molecule has 5 aromatic rings. The van der Waals surface area contributed by atoms with Gasteiger partial charge in [-0.15, -0.1) is 11.8 Å². The number of rotatable bonds is 10. The van der Waals surface area contributed by atoms with E-state index in [1.807, 2.05) is 112 Å². The molecule has 0 saturated carbocycles. The Hall–Kier alpha value is -5.40. The number of carbonyl (C=O) groups excluding carboxylic acids is 3. The molecule has 0 aromatic heterocycles. The normalized spacial score (nSPS) is 11.8. The number of thioether (sulfide) groups is 1. The quantitative estimate of drug-likeness (QED) is 0.107. The Bertz CT molecular complexity index is 1870. The van der Waals surface area contributed by atoms with Crippen LogP contribution in [0.25, 0.3) is 6.08 Å². The van der Waals surface area contributed by atoms with Gasteiger partial charge >= 0.3 is 0 Å². The van der Waals surface area contributed by atoms with E-state index >= 15 is 0 Å². The molecule has 230 valence electrons. The van der Waals surface area contributed by atoms with Crippen LogP contribution in [0.15, 0.2) is 138 Å². The Labute approximate surface area is 274 Å². The molecule has 3 amide bonds. The van der Waals surface area contributed by atoms with Crippen molar-refractivity contribution in [2.75, 3.05) is 10.6 Å². The summed E-state index contributed by atoms with van der Waals surface area (Å²) in [6, 6.07) is 39.2. The van der Waals surface area contributed by atoms with Crippen LogP contribution >= 0.6 is 11.8 Å². The third-order valence-corrected chi connectivity index (χ3v) is 8.85. The van der Waals surface area contributed by atoms with E-state index in [4.69, 9.17) is 0 Å². The molecular formula is C39H35N3O3S. The molecule has 0 heterocycles. The Morgan fingerprint density at radius 2 is 1.28 bits per heavy atom. The highest BCUT2D eigenvalue weighted by molar-refractivity contribution is 8.00. The maximum atomic E-state index is 13.6. The molecule has 0 aliphatic carbocycles. The van der Waals surface area contributed by atoms with Gasteiger partial charge in [-0.25, -0.2) is 0 Å². The summed E-state index contributed by atoms with van der Waals surface area (Å²) in [5, 5.41) is 8.31. The van der Waals surface area contributed by atoms with Crippen molar-refractivity contribution in [1.29, 1.82) is 0 Å². The zero-order valence-electron chi connectivity index (χ0n) is 25.9. The van der Waals surface area contributed by atoms with Crippen LogP contribution < -0.4 is 16.0 Å². The third-order valence-electron chi connectivity index (χ3n) is 7.59. The molecule has 0 saturated heterocycles. The molecule has 1 atom stereocenters. The maximum absolute atomic E-state index is 13.6. The van der Waals surface area contributed by atoms with Crippen LogP contribution in [0.3, 0.4) is 0 Å². The SMILES string of the molecule is Cc1ccccc1/C=C(\NC(=O)c1ccccc1)C(=O)Nc1ccc(SC(C(=O)Nc2cccc(C)c2C)c2ccccc2)cc1. The molecule has 7 heteroatoms. The highest BCUT2D eigenvalue weighted by Crippen LogP contribution is 2.37. The van der Waals surface area contributed by atoms with Crippen molar-refractivity contribution in [1.82, 2.24) is 5.32 Å². The first-order valence-electron chi connectivity index (χ1n) is 14.9. The van der Waals surface area contributed by atoms with Crippen molar-refractivity contribution in [2.45, 2.75) is 30.9 Å². The molecule has 1 unspecified atom stereocenters. The van der Waals surface area contributed by atoms with Crippen molar-refractivity contribution in [3.63, 3.8) is 0 Å². The molecule has 46 heavy (non-hydrogen) atoms. The monoisotopic (exact) mass is 625 g/mol. The number of aryl methyl sites for hydroxylation is 2. The fourth-order valence-electron chi connectivity index (χ4n) is 4.78. The third kappa shape index (κ3) is 8.20. The summed E-state index contributed by atoms with van der Waals surface area (Å²) < 4.78 is 0. The van der Waals surface area contributed by atoms with E-state index < -0.39 is 11.2 Å². The second-order valence-electron chi connectivity index (χ2n) is 10.9. The van der Waals surface area contributed by atoms with Crippen molar-refractivity contribution in [3.8, 4) is 0 Å². The predicted octanol–water partition coefficient (Wildman–Crippen LogP) is 8.49. The second-order valence-corrected chi connectivity index (χ2v) is 12.0. The van der Waals surface area contributed by atoms with E-state index in [1.165, 1.54) is 11.8 Å². The lowest BCUT2D eigenvalue weighted by molar-refractivity contribution is -0.116. The molecule has 0 fully saturated rings. The van der Waals surface area contributed by atoms with Gasteiger partial charge in [0.15, 0.2) is 0 Å². The van der Waals surface area contributed by atoms with Gasteiger partial charge in [0.25, 0.3) is 11.8 Å². The molecular weight excluding hydrogens is 591 g/mol. The summed E-state index contributed by atoms with van der Waals surface area (Å²) in [5.74, 6) is -0.959. The average molecular weight is 626 g/mol. The summed E-state index contributed by atoms with van der Waals surface area (Å²) >= 11 is 1.43. The van der Waals surface area contributed by atoms with E-state index in [0.717, 1.165) is 38.4 Å². The number of hydrogen-bond acceptors (Lipinski definition) is 4. The minimum absolute atomic E-state index is 0.119. The van der Waals surface area contributed by atoms with Gasteiger partial charge < -0.3 is 16.0 Å². The van der Waals surface area contributed by atoms with Crippen LogP contribution in [0.4, 0.5) is 11.4 Å². The standard InChI is InChI=1S/C39H35N3O3S/c1-26-14-12-20-34(28(26)3)41-39(45)36(29-15-6-4-7-16-29)46-33-23-21-32(22-24-33)40-38(44)35(25-31-19-11-10-13-27(31)2)42-37(43)30-17-8-5-9-18-30/h4-25,36H,1-3H3,(H,40,44)(H,41,45)(H,42,43)/b35-25-. The smallest absolute Gasteiger partial charge is 0.272 e. The van der Waals surface area contributed by atoms with Crippen LogP contribution in [-0.2, 0) is 9.59 Å². The first kappa shape index (κ1) is 32.0. The zero-order chi connectivity index (χ0) is 32.5. The molecule has 5 aromatic carbocycles. The summed E-state index contributed by atoms with van der Waals surface area (Å²) in [6.45, 7) is 5.96. The maximum Gasteiger partial charge on any atom is 0.272 e. The Morgan fingerprint density at radius 3 is 1.98 bits per heavy atom. The van der Waals surface area contributed by atoms with Crippen molar-refractivity contribution >= 4 is 46.9 Å². The van der Waals surface area contributed by atoms with Gasteiger partial charge in [0.1, 0.15) is 10.9 Å². The number of amides is 3. The molecule has 6 nitrogen and oxygen atoms in total. The molecule has 3 N–H and O–H groups in total. The lowest BCUT2D eigenvalue weighted by Gasteiger charge is -2.19. The highest BCUT2D eigenvalue weighted by atomic mass is 32.2. The zero-order valence-corrected chi connectivity index (χ0v) is 26.7. The van der Waals surface area contributed by atoms with Gasteiger partial charge in [-0.2, -0.15) is 0 Å². The van der Waals surface area contributed by atoms with Crippen molar-refractivity contribution in [2.24, 2.45) is 0 Å². The summed E-state index contributed by atoms with van der Waals surface area (Å²) in [6.07, 6.45) is 1.68. The summed E-state index contributed by atoms with van der Waals surface area (Å²) in [4.78, 5) is 41.0. The van der Waals surface area contributed by atoms with Gasteiger partial charge in [-0.05, 0) is 97.1 Å². The first-order valence-corrected chi connectivity index (χ1v) is 15.8. The minimum Gasteiger partial charge on any atom is -0.325 e. The average Bonchev–Trinajstić information content (AvgIpc) is 3.07. The van der Waals surface area contributed by atoms with Gasteiger partial charge in [-0.1, -0.05) is 84.9 Å². The van der Waals surface area contributed by atoms with E-state index in [1.54, 1.807) is 42.5 Å². The lowest BCUT2D eigenvalue weighted by Crippen LogP contribution is -2.30. The molecule has 0 aliphatic rings. The van der Waals surface area contributed by atoms with E-state index in [-0.39, 0.29) is 17.5 Å². The number of nitrogens with one attached hydrogen (secondary N) is 3.